The molecular formula is C8H10N2O6S2. The van der Waals surface area contributed by atoms with Gasteiger partial charge in [0, 0.05) is 12.5 Å². The quantitative estimate of drug-likeness (QED) is 0.701. The molecular weight excluding hydrogens is 284 g/mol. The molecule has 1 heterocycles. The minimum Gasteiger partial charge on any atom is -0.480 e. The molecule has 0 unspecified atom stereocenters. The molecule has 0 saturated heterocycles. The minimum absolute atomic E-state index is 0.264. The Morgan fingerprint density at radius 3 is 2.33 bits per heavy atom. The Labute approximate surface area is 104 Å². The summed E-state index contributed by atoms with van der Waals surface area (Å²) in [5, 5.41) is 8.09. The zero-order valence-electron chi connectivity index (χ0n) is 9.19. The molecule has 0 spiro atoms. The average molecular weight is 294 g/mol. The minimum atomic E-state index is -4.01. The number of carbonyl (C=O) groups is 1. The van der Waals surface area contributed by atoms with Gasteiger partial charge in [-0.05, 0) is 12.1 Å². The third-order valence-electron chi connectivity index (χ3n) is 1.81. The van der Waals surface area contributed by atoms with Crippen molar-refractivity contribution in [2.24, 2.45) is 0 Å². The van der Waals surface area contributed by atoms with E-state index in [-0.39, 0.29) is 9.92 Å². The number of rotatable bonds is 5. The Hall–Kier alpha value is -1.52. The second-order valence-electron chi connectivity index (χ2n) is 3.32. The van der Waals surface area contributed by atoms with Crippen molar-refractivity contribution in [1.82, 2.24) is 9.71 Å². The average Bonchev–Trinajstić information content (AvgIpc) is 2.26. The monoisotopic (exact) mass is 294 g/mol. The Morgan fingerprint density at radius 2 is 1.94 bits per heavy atom. The van der Waals surface area contributed by atoms with Crippen LogP contribution in [0.3, 0.4) is 0 Å². The number of sulfone groups is 1. The Morgan fingerprint density at radius 1 is 1.33 bits per heavy atom. The van der Waals surface area contributed by atoms with Gasteiger partial charge in [0.15, 0.2) is 14.9 Å². The van der Waals surface area contributed by atoms with E-state index in [9.17, 15) is 21.6 Å². The van der Waals surface area contributed by atoms with Crippen LogP contribution in [0.5, 0.6) is 0 Å². The molecule has 18 heavy (non-hydrogen) atoms. The third-order valence-corrected chi connectivity index (χ3v) is 4.20. The van der Waals surface area contributed by atoms with Gasteiger partial charge in [0.2, 0.25) is 10.0 Å². The fourth-order valence-corrected chi connectivity index (χ4v) is 2.46. The second kappa shape index (κ2) is 5.00. The van der Waals surface area contributed by atoms with Gasteiger partial charge in [-0.3, -0.25) is 4.79 Å². The van der Waals surface area contributed by atoms with E-state index >= 15 is 0 Å². The molecule has 0 bridgehead atoms. The maximum absolute atomic E-state index is 11.5. The van der Waals surface area contributed by atoms with E-state index in [2.05, 4.69) is 4.98 Å². The number of sulfonamides is 1. The molecule has 2 N–H and O–H groups in total. The fourth-order valence-electron chi connectivity index (χ4n) is 0.985. The first-order valence-corrected chi connectivity index (χ1v) is 7.88. The van der Waals surface area contributed by atoms with Crippen molar-refractivity contribution < 1.29 is 26.7 Å². The van der Waals surface area contributed by atoms with Gasteiger partial charge in [-0.25, -0.2) is 21.8 Å². The number of nitrogens with zero attached hydrogens (tertiary/aromatic N) is 1. The molecule has 0 fully saturated rings. The third kappa shape index (κ3) is 3.75. The van der Waals surface area contributed by atoms with Crippen LogP contribution in [-0.2, 0) is 24.7 Å². The molecule has 1 rings (SSSR count). The smallest absolute Gasteiger partial charge is 0.318 e. The van der Waals surface area contributed by atoms with Gasteiger partial charge in [-0.1, -0.05) is 0 Å². The lowest BCUT2D eigenvalue weighted by Crippen LogP contribution is -2.29. The van der Waals surface area contributed by atoms with Crippen molar-refractivity contribution in [3.63, 3.8) is 0 Å². The van der Waals surface area contributed by atoms with Gasteiger partial charge in [-0.2, -0.15) is 4.72 Å². The standard InChI is InChI=1S/C8H10N2O6S2/c1-17(13,14)7-3-2-6(4-9-7)18(15,16)10-5-8(11)12/h2-4,10H,5H2,1H3,(H,11,12). The highest BCUT2D eigenvalue weighted by Crippen LogP contribution is 2.10. The van der Waals surface area contributed by atoms with Crippen molar-refractivity contribution in [2.75, 3.05) is 12.8 Å². The van der Waals surface area contributed by atoms with Crippen LogP contribution in [0, 0.1) is 0 Å². The molecule has 0 aliphatic rings. The van der Waals surface area contributed by atoms with E-state index in [1.54, 1.807) is 0 Å². The number of nitrogens with one attached hydrogen (secondary N) is 1. The molecule has 100 valence electrons. The van der Waals surface area contributed by atoms with E-state index in [0.29, 0.717) is 0 Å². The number of aromatic nitrogens is 1. The van der Waals surface area contributed by atoms with Crippen LogP contribution >= 0.6 is 0 Å². The van der Waals surface area contributed by atoms with Gasteiger partial charge in [0.05, 0.1) is 0 Å². The van der Waals surface area contributed by atoms with Crippen LogP contribution in [0.25, 0.3) is 0 Å². The Bertz CT molecular complexity index is 647. The van der Waals surface area contributed by atoms with E-state index in [4.69, 9.17) is 5.11 Å². The summed E-state index contributed by atoms with van der Waals surface area (Å²) in [5.41, 5.74) is 0. The van der Waals surface area contributed by atoms with Gasteiger partial charge >= 0.3 is 5.97 Å². The molecule has 1 aromatic heterocycles. The maximum Gasteiger partial charge on any atom is 0.318 e. The summed E-state index contributed by atoms with van der Waals surface area (Å²) in [6.45, 7) is -0.768. The predicted molar refractivity (Wildman–Crippen MR) is 60.2 cm³/mol. The SMILES string of the molecule is CS(=O)(=O)c1ccc(S(=O)(=O)NCC(=O)O)cn1. The van der Waals surface area contributed by atoms with Crippen molar-refractivity contribution in [3.05, 3.63) is 18.3 Å². The van der Waals surface area contributed by atoms with E-state index < -0.39 is 32.4 Å². The van der Waals surface area contributed by atoms with E-state index in [1.165, 1.54) is 0 Å². The number of carboxylic acid groups (broad SMARTS) is 1. The molecule has 8 nitrogen and oxygen atoms in total. The van der Waals surface area contributed by atoms with Gasteiger partial charge in [0.25, 0.3) is 0 Å². The first-order valence-electron chi connectivity index (χ1n) is 4.50. The largest absolute Gasteiger partial charge is 0.480 e. The van der Waals surface area contributed by atoms with Crippen LogP contribution < -0.4 is 4.72 Å². The van der Waals surface area contributed by atoms with Gasteiger partial charge < -0.3 is 5.11 Å². The number of carboxylic acids is 1. The topological polar surface area (TPSA) is 130 Å². The molecule has 0 atom stereocenters. The van der Waals surface area contributed by atoms with E-state index in [0.717, 1.165) is 24.6 Å². The molecule has 0 radical (unpaired) electrons. The molecule has 0 saturated carbocycles. The van der Waals surface area contributed by atoms with Crippen molar-refractivity contribution >= 4 is 25.8 Å². The highest BCUT2D eigenvalue weighted by Gasteiger charge is 2.17. The van der Waals surface area contributed by atoms with Crippen LogP contribution in [0.1, 0.15) is 0 Å². The first-order chi connectivity index (χ1) is 8.13. The Balaban J connectivity index is 3.02. The highest BCUT2D eigenvalue weighted by atomic mass is 32.2. The lowest BCUT2D eigenvalue weighted by Gasteiger charge is -2.04. The van der Waals surface area contributed by atoms with Crippen molar-refractivity contribution in [1.29, 1.82) is 0 Å². The van der Waals surface area contributed by atoms with Gasteiger partial charge in [0.1, 0.15) is 11.4 Å². The summed E-state index contributed by atoms with van der Waals surface area (Å²) >= 11 is 0. The van der Waals surface area contributed by atoms with Gasteiger partial charge in [-0.15, -0.1) is 0 Å². The Kier molecular flexibility index (Phi) is 4.04. The normalized spacial score (nSPS) is 12.3. The van der Waals surface area contributed by atoms with Crippen LogP contribution in [0.2, 0.25) is 0 Å². The molecule has 10 heteroatoms. The summed E-state index contributed by atoms with van der Waals surface area (Å²) in [6.07, 6.45) is 1.78. The van der Waals surface area contributed by atoms with Crippen molar-refractivity contribution in [2.45, 2.75) is 9.92 Å². The van der Waals surface area contributed by atoms with Crippen LogP contribution in [0.15, 0.2) is 28.3 Å². The number of pyridine rings is 1. The number of hydrogen-bond donors (Lipinski definition) is 2. The molecule has 0 aliphatic heterocycles. The highest BCUT2D eigenvalue weighted by molar-refractivity contribution is 7.90. The van der Waals surface area contributed by atoms with E-state index in [1.807, 2.05) is 4.72 Å². The number of aliphatic carboxylic acids is 1. The summed E-state index contributed by atoms with van der Waals surface area (Å²) in [4.78, 5) is 13.4. The maximum atomic E-state index is 11.5. The zero-order chi connectivity index (χ0) is 14.0. The molecule has 1 aromatic rings. The molecule has 0 amide bonds. The second-order valence-corrected chi connectivity index (χ2v) is 7.05. The summed E-state index contributed by atoms with van der Waals surface area (Å²) in [5.74, 6) is -1.33. The van der Waals surface area contributed by atoms with Crippen LogP contribution in [-0.4, -0.2) is 45.7 Å². The van der Waals surface area contributed by atoms with Crippen molar-refractivity contribution in [3.8, 4) is 0 Å². The lowest BCUT2D eigenvalue weighted by molar-refractivity contribution is -0.135. The zero-order valence-corrected chi connectivity index (χ0v) is 10.8. The van der Waals surface area contributed by atoms with Crippen LogP contribution in [0.4, 0.5) is 0 Å². The molecule has 0 aliphatic carbocycles. The first kappa shape index (κ1) is 14.5. The summed E-state index contributed by atoms with van der Waals surface area (Å²) in [7, 11) is -7.52. The fraction of sp³-hybridized carbons (Fsp3) is 0.250. The predicted octanol–water partition coefficient (Wildman–Crippen LogP) is -1.15. The summed E-state index contributed by atoms with van der Waals surface area (Å²) < 4.78 is 47.1. The number of hydrogen-bond acceptors (Lipinski definition) is 6. The lowest BCUT2D eigenvalue weighted by atomic mass is 10.5. The molecule has 0 aromatic carbocycles. The summed E-state index contributed by atoms with van der Waals surface area (Å²) in [6, 6.07) is 2.07.